The van der Waals surface area contributed by atoms with Gasteiger partial charge in [-0.2, -0.15) is 0 Å². The first kappa shape index (κ1) is 17.6. The summed E-state index contributed by atoms with van der Waals surface area (Å²) in [6, 6.07) is 4.46. The summed E-state index contributed by atoms with van der Waals surface area (Å²) in [5.74, 6) is -1.08. The molecule has 0 spiro atoms. The molecule has 0 bridgehead atoms. The predicted octanol–water partition coefficient (Wildman–Crippen LogP) is 2.26. The number of aryl methyl sites for hydroxylation is 2. The molecule has 0 unspecified atom stereocenters. The molecule has 0 aromatic carbocycles. The van der Waals surface area contributed by atoms with Crippen LogP contribution < -0.4 is 9.67 Å². The Labute approximate surface area is 117 Å². The number of carbonyl (C=O) groups is 1. The molecule has 0 radical (unpaired) electrons. The molecule has 1 heterocycles. The van der Waals surface area contributed by atoms with Gasteiger partial charge in [0.25, 0.3) is 0 Å². The third-order valence-electron chi connectivity index (χ3n) is 2.89. The van der Waals surface area contributed by atoms with Crippen molar-refractivity contribution in [3.8, 4) is 0 Å². The van der Waals surface area contributed by atoms with Gasteiger partial charge in [-0.05, 0) is 25.3 Å². The summed E-state index contributed by atoms with van der Waals surface area (Å²) in [7, 11) is 0. The molecule has 0 fully saturated rings. The molecule has 1 aromatic heterocycles. The second-order valence-corrected chi connectivity index (χ2v) is 4.70. The molecule has 0 atom stereocenters. The van der Waals surface area contributed by atoms with Crippen molar-refractivity contribution in [2.75, 3.05) is 0 Å². The van der Waals surface area contributed by atoms with Gasteiger partial charge in [0.1, 0.15) is 6.54 Å². The Balaban J connectivity index is 0.000000711. The van der Waals surface area contributed by atoms with Gasteiger partial charge < -0.3 is 9.90 Å². The van der Waals surface area contributed by atoms with E-state index in [1.54, 1.807) is 0 Å². The average molecular weight is 265 g/mol. The first-order chi connectivity index (χ1) is 9.10. The van der Waals surface area contributed by atoms with Crippen molar-refractivity contribution < 1.29 is 14.5 Å². The van der Waals surface area contributed by atoms with Crippen LogP contribution in [0.15, 0.2) is 24.5 Å². The first-order valence-electron chi connectivity index (χ1n) is 7.25. The summed E-state index contributed by atoms with van der Waals surface area (Å²) < 4.78 is 2.30. The zero-order valence-corrected chi connectivity index (χ0v) is 12.5. The number of aliphatic carboxylic acids is 1. The number of nitrogens with zero attached hydrogens (tertiary/aromatic N) is 1. The van der Waals surface area contributed by atoms with Crippen LogP contribution in [0, 0.1) is 0 Å². The van der Waals surface area contributed by atoms with Gasteiger partial charge in [-0.3, -0.25) is 0 Å². The molecular formula is C16H27NO2. The summed E-state index contributed by atoms with van der Waals surface area (Å²) in [6.45, 7) is 6.61. The van der Waals surface area contributed by atoms with Gasteiger partial charge in [0.15, 0.2) is 12.4 Å². The topological polar surface area (TPSA) is 44.0 Å². The van der Waals surface area contributed by atoms with E-state index < -0.39 is 5.97 Å². The standard InChI is InChI=1S/C14H24N.C2H4O2/c1-3-5-6-7-8-11-15-12-9-14(4-2)10-13-15;1-2(3)4/h9-10,12-13H,3-8,11H2,1-2H3;1H3,(H,3,4)/q+1;/p-1. The minimum absolute atomic E-state index is 0.972. The Bertz CT molecular complexity index is 329. The van der Waals surface area contributed by atoms with Gasteiger partial charge in [0, 0.05) is 24.5 Å². The summed E-state index contributed by atoms with van der Waals surface area (Å²) in [6.07, 6.45) is 12.4. The molecule has 0 aliphatic rings. The highest BCUT2D eigenvalue weighted by Gasteiger charge is 1.99. The van der Waals surface area contributed by atoms with Crippen molar-refractivity contribution in [3.05, 3.63) is 30.1 Å². The Morgan fingerprint density at radius 2 is 1.63 bits per heavy atom. The molecule has 1 aromatic rings. The summed E-state index contributed by atoms with van der Waals surface area (Å²) >= 11 is 0. The van der Waals surface area contributed by atoms with Crippen LogP contribution in [0.25, 0.3) is 0 Å². The molecule has 0 aliphatic carbocycles. The van der Waals surface area contributed by atoms with E-state index in [-0.39, 0.29) is 0 Å². The van der Waals surface area contributed by atoms with E-state index in [0.29, 0.717) is 0 Å². The van der Waals surface area contributed by atoms with E-state index in [0.717, 1.165) is 13.3 Å². The van der Waals surface area contributed by atoms with Crippen LogP contribution in [0.1, 0.15) is 58.4 Å². The molecule has 3 nitrogen and oxygen atoms in total. The smallest absolute Gasteiger partial charge is 0.169 e. The van der Waals surface area contributed by atoms with E-state index in [4.69, 9.17) is 9.90 Å². The number of carbonyl (C=O) groups excluding carboxylic acids is 1. The zero-order chi connectivity index (χ0) is 14.5. The number of unbranched alkanes of at least 4 members (excludes halogenated alkanes) is 4. The van der Waals surface area contributed by atoms with E-state index in [9.17, 15) is 0 Å². The Morgan fingerprint density at radius 3 is 2.11 bits per heavy atom. The number of carboxylic acids is 1. The number of pyridine rings is 1. The van der Waals surface area contributed by atoms with Crippen LogP contribution in [0.3, 0.4) is 0 Å². The lowest BCUT2D eigenvalue weighted by Gasteiger charge is -1.99. The van der Waals surface area contributed by atoms with Crippen molar-refractivity contribution in [3.63, 3.8) is 0 Å². The number of hydrogen-bond acceptors (Lipinski definition) is 2. The predicted molar refractivity (Wildman–Crippen MR) is 75.5 cm³/mol. The molecule has 0 aliphatic heterocycles. The highest BCUT2D eigenvalue weighted by atomic mass is 16.4. The molecule has 0 amide bonds. The fourth-order valence-corrected chi connectivity index (χ4v) is 1.77. The quantitative estimate of drug-likeness (QED) is 0.560. The van der Waals surface area contributed by atoms with Crippen LogP contribution in [0.5, 0.6) is 0 Å². The maximum atomic E-state index is 8.89. The lowest BCUT2D eigenvalue weighted by atomic mass is 10.1. The third-order valence-corrected chi connectivity index (χ3v) is 2.89. The summed E-state index contributed by atoms with van der Waals surface area (Å²) in [5, 5.41) is 8.89. The molecule has 3 heteroatoms. The molecule has 0 saturated carbocycles. The first-order valence-corrected chi connectivity index (χ1v) is 7.25. The fraction of sp³-hybridized carbons (Fsp3) is 0.625. The number of rotatable bonds is 7. The maximum Gasteiger partial charge on any atom is 0.169 e. The largest absolute Gasteiger partial charge is 0.550 e. The van der Waals surface area contributed by atoms with Crippen molar-refractivity contribution in [1.82, 2.24) is 0 Å². The second kappa shape index (κ2) is 11.7. The average Bonchev–Trinajstić information content (AvgIpc) is 2.38. The van der Waals surface area contributed by atoms with Crippen LogP contribution in [-0.4, -0.2) is 5.97 Å². The number of hydrogen-bond donors (Lipinski definition) is 0. The number of carboxylic acid groups (broad SMARTS) is 1. The molecule has 19 heavy (non-hydrogen) atoms. The van der Waals surface area contributed by atoms with Crippen LogP contribution in [-0.2, 0) is 17.8 Å². The van der Waals surface area contributed by atoms with Crippen molar-refractivity contribution in [2.45, 2.75) is 65.8 Å². The van der Waals surface area contributed by atoms with Gasteiger partial charge in [-0.1, -0.05) is 33.1 Å². The fourth-order valence-electron chi connectivity index (χ4n) is 1.77. The van der Waals surface area contributed by atoms with Gasteiger partial charge in [0.2, 0.25) is 0 Å². The summed E-state index contributed by atoms with van der Waals surface area (Å²) in [5.41, 5.74) is 1.43. The van der Waals surface area contributed by atoms with Crippen LogP contribution in [0.4, 0.5) is 0 Å². The van der Waals surface area contributed by atoms with E-state index in [1.807, 2.05) is 0 Å². The monoisotopic (exact) mass is 265 g/mol. The Hall–Kier alpha value is -1.38. The van der Waals surface area contributed by atoms with Crippen molar-refractivity contribution in [1.29, 1.82) is 0 Å². The van der Waals surface area contributed by atoms with Crippen molar-refractivity contribution >= 4 is 5.97 Å². The minimum atomic E-state index is -1.08. The highest BCUT2D eigenvalue weighted by Crippen LogP contribution is 2.02. The lowest BCUT2D eigenvalue weighted by Crippen LogP contribution is -2.32. The van der Waals surface area contributed by atoms with Gasteiger partial charge >= 0.3 is 0 Å². The minimum Gasteiger partial charge on any atom is -0.550 e. The molecule has 108 valence electrons. The van der Waals surface area contributed by atoms with E-state index in [2.05, 4.69) is 42.9 Å². The normalized spacial score (nSPS) is 9.63. The van der Waals surface area contributed by atoms with Crippen LogP contribution >= 0.6 is 0 Å². The summed E-state index contributed by atoms with van der Waals surface area (Å²) in [4.78, 5) is 8.89. The Kier molecular flexibility index (Phi) is 10.8. The highest BCUT2D eigenvalue weighted by molar-refractivity contribution is 5.60. The molecule has 1 rings (SSSR count). The van der Waals surface area contributed by atoms with Crippen LogP contribution in [0.2, 0.25) is 0 Å². The van der Waals surface area contributed by atoms with Crippen molar-refractivity contribution in [2.24, 2.45) is 0 Å². The second-order valence-electron chi connectivity index (χ2n) is 4.70. The zero-order valence-electron chi connectivity index (χ0n) is 12.5. The molecular weight excluding hydrogens is 238 g/mol. The van der Waals surface area contributed by atoms with Gasteiger partial charge in [-0.15, -0.1) is 0 Å². The number of aromatic nitrogens is 1. The lowest BCUT2D eigenvalue weighted by molar-refractivity contribution is -0.697. The Morgan fingerprint density at radius 1 is 1.11 bits per heavy atom. The van der Waals surface area contributed by atoms with Gasteiger partial charge in [0.05, 0.1) is 0 Å². The SMILES string of the molecule is CC(=O)[O-].CCCCCCC[n+]1ccc(CC)cc1. The van der Waals surface area contributed by atoms with E-state index >= 15 is 0 Å². The third kappa shape index (κ3) is 11.4. The molecule has 0 saturated heterocycles. The van der Waals surface area contributed by atoms with E-state index in [1.165, 1.54) is 44.2 Å². The maximum absolute atomic E-state index is 8.89. The van der Waals surface area contributed by atoms with Gasteiger partial charge in [-0.25, -0.2) is 4.57 Å². The molecule has 0 N–H and O–H groups in total.